The molecule has 0 atom stereocenters. The Kier molecular flexibility index (Phi) is 14.7. The normalized spacial score (nSPS) is 14.6. The average Bonchev–Trinajstić information content (AvgIpc) is 1.57. The quantitative estimate of drug-likeness (QED) is 0.127. The van der Waals surface area contributed by atoms with E-state index in [4.69, 9.17) is 0 Å². The lowest BCUT2D eigenvalue weighted by Gasteiger charge is -2.30. The molecule has 0 fully saturated rings. The average molecular weight is 1340 g/mol. The fraction of sp³-hybridized carbons (Fsp3) is 0.176. The molecule has 0 bridgehead atoms. The summed E-state index contributed by atoms with van der Waals surface area (Å²) in [6, 6.07) is 107. The largest absolute Gasteiger partial charge is 0.310 e. The smallest absolute Gasteiger partial charge is 0.0467 e. The second-order valence-electron chi connectivity index (χ2n) is 32.4. The monoisotopic (exact) mass is 1340 g/mol. The Hall–Kier alpha value is -11.3. The summed E-state index contributed by atoms with van der Waals surface area (Å²) in [6.07, 6.45) is 0. The van der Waals surface area contributed by atoms with Gasteiger partial charge in [0.25, 0.3) is 0 Å². The van der Waals surface area contributed by atoms with Gasteiger partial charge in [-0.25, -0.2) is 0 Å². The molecule has 2 heteroatoms. The van der Waals surface area contributed by atoms with Crippen LogP contribution in [-0.4, -0.2) is 0 Å². The van der Waals surface area contributed by atoms with Crippen LogP contribution in [0.25, 0.3) is 100 Å². The number of aryl methyl sites for hydroxylation is 6. The van der Waals surface area contributed by atoms with Gasteiger partial charge in [0.05, 0.1) is 0 Å². The van der Waals surface area contributed by atoms with Crippen LogP contribution in [0.2, 0.25) is 0 Å². The standard InChI is InChI=1S/C102H88N2/c1-61-49-67(37-43-77(61)89-53-63(3)87(51-65(89)5)69-25-23-27-71(55-69)103(73-39-45-83-79-29-15-19-33-91(79)99(7,8)95(83)57-73)74-40-46-84-80-30-16-20-34-92(80)100(9,10)96(84)58-74)68-38-44-78(62(2)50-68)90-54-64(4)88(52-66(90)6)70-26-24-28-72(56-70)104(75-41-47-85-81-31-17-21-35-93(81)101(11,12)97(85)59-75)76-42-48-86-82-32-18-22-36-94(82)102(13,14)98(86)60-76/h15-60H,1-14H3. The summed E-state index contributed by atoms with van der Waals surface area (Å²) in [5, 5.41) is 0. The van der Waals surface area contributed by atoms with Crippen LogP contribution in [-0.2, 0) is 21.7 Å². The molecule has 0 saturated carbocycles. The van der Waals surface area contributed by atoms with Gasteiger partial charge in [0.15, 0.2) is 0 Å². The van der Waals surface area contributed by atoms with Gasteiger partial charge in [0.1, 0.15) is 0 Å². The summed E-state index contributed by atoms with van der Waals surface area (Å²) in [7, 11) is 0. The SMILES string of the molecule is Cc1cc(-c2ccc(-c3ccc(-c4cc(C)c(-c5cccc(N(c6ccc7c(c6)C(C)(C)c6ccccc6-7)c6ccc7c(c6)C(C)(C)c6ccccc6-7)c5)cc4C)c(C)c3)cc2C)c(C)cc1-c1cccc(N(c2ccc3c(c2)C(C)(C)c2ccccc2-3)c2ccc3c(c2)C(C)(C)c2ccccc2-3)c1. The maximum absolute atomic E-state index is 2.50. The Bertz CT molecular complexity index is 5380. The summed E-state index contributed by atoms with van der Waals surface area (Å²) in [4.78, 5) is 4.99. The first kappa shape index (κ1) is 64.8. The van der Waals surface area contributed by atoms with Crippen LogP contribution < -0.4 is 9.80 Å². The van der Waals surface area contributed by atoms with Crippen molar-refractivity contribution < 1.29 is 0 Å². The van der Waals surface area contributed by atoms with Crippen molar-refractivity contribution in [3.63, 3.8) is 0 Å². The molecule has 0 saturated heterocycles. The van der Waals surface area contributed by atoms with E-state index in [1.54, 1.807) is 0 Å². The summed E-state index contributed by atoms with van der Waals surface area (Å²) < 4.78 is 0. The number of fused-ring (bicyclic) bond motifs is 12. The Morgan fingerprint density at radius 3 is 0.702 bits per heavy atom. The molecule has 4 aliphatic carbocycles. The van der Waals surface area contributed by atoms with Gasteiger partial charge in [-0.2, -0.15) is 0 Å². The van der Waals surface area contributed by atoms with Gasteiger partial charge in [-0.1, -0.05) is 262 Å². The van der Waals surface area contributed by atoms with Crippen molar-refractivity contribution in [2.45, 2.75) is 119 Å². The van der Waals surface area contributed by atoms with Gasteiger partial charge in [-0.05, 0) is 292 Å². The molecule has 0 radical (unpaired) electrons. The first-order valence-electron chi connectivity index (χ1n) is 37.3. The Morgan fingerprint density at radius 2 is 0.404 bits per heavy atom. The molecule has 4 aliphatic rings. The first-order chi connectivity index (χ1) is 50.0. The van der Waals surface area contributed by atoms with E-state index in [1.165, 1.54) is 178 Å². The zero-order valence-corrected chi connectivity index (χ0v) is 62.5. The molecule has 14 aromatic carbocycles. The van der Waals surface area contributed by atoms with E-state index in [-0.39, 0.29) is 21.7 Å². The third-order valence-corrected chi connectivity index (χ3v) is 24.6. The van der Waals surface area contributed by atoms with Crippen LogP contribution in [0, 0.1) is 41.5 Å². The molecular weight excluding hydrogens is 1250 g/mol. The lowest BCUT2D eigenvalue weighted by atomic mass is 9.82. The number of rotatable bonds is 11. The van der Waals surface area contributed by atoms with Crippen molar-refractivity contribution in [1.29, 1.82) is 0 Å². The number of hydrogen-bond acceptors (Lipinski definition) is 2. The molecule has 0 heterocycles. The van der Waals surface area contributed by atoms with Crippen LogP contribution in [0.3, 0.4) is 0 Å². The molecule has 506 valence electrons. The summed E-state index contributed by atoms with van der Waals surface area (Å²) in [6.45, 7) is 32.7. The van der Waals surface area contributed by atoms with Crippen molar-refractivity contribution in [3.05, 3.63) is 357 Å². The molecular formula is C102H88N2. The highest BCUT2D eigenvalue weighted by atomic mass is 15.1. The highest BCUT2D eigenvalue weighted by Crippen LogP contribution is 2.57. The zero-order chi connectivity index (χ0) is 71.6. The molecule has 2 nitrogen and oxygen atoms in total. The minimum atomic E-state index is -0.136. The molecule has 14 aromatic rings. The van der Waals surface area contributed by atoms with E-state index in [9.17, 15) is 0 Å². The van der Waals surface area contributed by atoms with Crippen LogP contribution in [0.5, 0.6) is 0 Å². The molecule has 0 N–H and O–H groups in total. The van der Waals surface area contributed by atoms with E-state index >= 15 is 0 Å². The van der Waals surface area contributed by atoms with E-state index < -0.39 is 0 Å². The van der Waals surface area contributed by atoms with Gasteiger partial charge >= 0.3 is 0 Å². The molecule has 0 aromatic heterocycles. The van der Waals surface area contributed by atoms with Gasteiger partial charge in [0.2, 0.25) is 0 Å². The molecule has 104 heavy (non-hydrogen) atoms. The Morgan fingerprint density at radius 1 is 0.163 bits per heavy atom. The lowest BCUT2D eigenvalue weighted by Crippen LogP contribution is -2.18. The minimum absolute atomic E-state index is 0.136. The van der Waals surface area contributed by atoms with Gasteiger partial charge in [0, 0.05) is 55.8 Å². The number of benzene rings is 14. The Labute approximate surface area is 615 Å². The minimum Gasteiger partial charge on any atom is -0.310 e. The van der Waals surface area contributed by atoms with Crippen molar-refractivity contribution in [3.8, 4) is 100 Å². The van der Waals surface area contributed by atoms with Crippen LogP contribution >= 0.6 is 0 Å². The zero-order valence-electron chi connectivity index (χ0n) is 62.5. The van der Waals surface area contributed by atoms with Crippen LogP contribution in [0.1, 0.15) is 133 Å². The van der Waals surface area contributed by atoms with Gasteiger partial charge < -0.3 is 9.80 Å². The highest BCUT2D eigenvalue weighted by molar-refractivity contribution is 5.93. The van der Waals surface area contributed by atoms with E-state index in [1.807, 2.05) is 0 Å². The second-order valence-corrected chi connectivity index (χ2v) is 32.4. The molecule has 0 amide bonds. The molecule has 18 rings (SSSR count). The number of hydrogen-bond donors (Lipinski definition) is 0. The topological polar surface area (TPSA) is 6.48 Å². The second kappa shape index (κ2) is 23.6. The van der Waals surface area contributed by atoms with Crippen molar-refractivity contribution in [2.75, 3.05) is 9.80 Å². The summed E-state index contributed by atoms with van der Waals surface area (Å²) >= 11 is 0. The molecule has 0 aliphatic heterocycles. The van der Waals surface area contributed by atoms with Gasteiger partial charge in [-0.15, -0.1) is 0 Å². The summed E-state index contributed by atoms with van der Waals surface area (Å²) in [5.74, 6) is 0. The van der Waals surface area contributed by atoms with Crippen LogP contribution in [0.4, 0.5) is 34.1 Å². The summed E-state index contributed by atoms with van der Waals surface area (Å²) in [5.41, 5.74) is 47.9. The lowest BCUT2D eigenvalue weighted by molar-refractivity contribution is 0.659. The number of anilines is 6. The maximum atomic E-state index is 2.50. The van der Waals surface area contributed by atoms with Crippen molar-refractivity contribution >= 4 is 34.1 Å². The predicted molar refractivity (Wildman–Crippen MR) is 442 cm³/mol. The highest BCUT2D eigenvalue weighted by Gasteiger charge is 2.41. The first-order valence-corrected chi connectivity index (χ1v) is 37.3. The van der Waals surface area contributed by atoms with E-state index in [0.29, 0.717) is 0 Å². The third-order valence-electron chi connectivity index (χ3n) is 24.6. The maximum Gasteiger partial charge on any atom is 0.0467 e. The Balaban J connectivity index is 0.633. The molecule has 0 unspecified atom stereocenters. The van der Waals surface area contributed by atoms with Gasteiger partial charge in [-0.3, -0.25) is 0 Å². The fourth-order valence-electron chi connectivity index (χ4n) is 19.0. The fourth-order valence-corrected chi connectivity index (χ4v) is 19.0. The van der Waals surface area contributed by atoms with Crippen molar-refractivity contribution in [1.82, 2.24) is 0 Å². The predicted octanol–water partition coefficient (Wildman–Crippen LogP) is 28.0. The van der Waals surface area contributed by atoms with E-state index in [0.717, 1.165) is 34.1 Å². The van der Waals surface area contributed by atoms with Crippen molar-refractivity contribution in [2.24, 2.45) is 0 Å². The van der Waals surface area contributed by atoms with E-state index in [2.05, 4.69) is 386 Å². The third kappa shape index (κ3) is 9.95. The van der Waals surface area contributed by atoms with Crippen LogP contribution in [0.15, 0.2) is 279 Å². The number of nitrogens with zero attached hydrogens (tertiary/aromatic N) is 2. The molecule has 0 spiro atoms.